The molecule has 0 aromatic heterocycles. The SMILES string of the molecule is CC(=O)O[C@H]1CC[C@@]2(C)C(=CC[C@@H]3[C@H]4CC[C@@H]([C@H](C)CCCC(C)C)[C@]4(C)CC[C@H]32)[C@@H]1OC(C)=O. The molecule has 198 valence electrons. The molecule has 0 aromatic carbocycles. The summed E-state index contributed by atoms with van der Waals surface area (Å²) in [6, 6.07) is 0. The minimum Gasteiger partial charge on any atom is -0.458 e. The predicted molar refractivity (Wildman–Crippen MR) is 140 cm³/mol. The van der Waals surface area contributed by atoms with E-state index in [2.05, 4.69) is 40.7 Å². The lowest BCUT2D eigenvalue weighted by Gasteiger charge is -2.59. The van der Waals surface area contributed by atoms with Crippen LogP contribution in [0.1, 0.15) is 113 Å². The lowest BCUT2D eigenvalue weighted by atomic mass is 9.46. The topological polar surface area (TPSA) is 52.6 Å². The molecule has 0 aliphatic heterocycles. The van der Waals surface area contributed by atoms with Crippen molar-refractivity contribution in [2.45, 2.75) is 125 Å². The van der Waals surface area contributed by atoms with Crippen molar-refractivity contribution in [3.05, 3.63) is 11.6 Å². The van der Waals surface area contributed by atoms with Gasteiger partial charge in [0.05, 0.1) is 0 Å². The van der Waals surface area contributed by atoms with E-state index in [9.17, 15) is 9.59 Å². The zero-order valence-electron chi connectivity index (χ0n) is 23.4. The molecule has 4 heteroatoms. The number of rotatable bonds is 7. The number of esters is 2. The summed E-state index contributed by atoms with van der Waals surface area (Å²) in [5, 5.41) is 0. The van der Waals surface area contributed by atoms with Crippen LogP contribution in [0, 0.1) is 46.3 Å². The normalized spacial score (nSPS) is 41.3. The highest BCUT2D eigenvalue weighted by Gasteiger charge is 2.60. The summed E-state index contributed by atoms with van der Waals surface area (Å²) in [6.07, 6.45) is 13.9. The Kier molecular flexibility index (Phi) is 7.80. The standard InChI is InChI=1S/C31H50O4/c1-19(2)9-8-10-20(3)24-13-14-25-23-11-12-27-29(35-22(5)33)28(34-21(4)32)16-18-31(27,7)26(23)15-17-30(24,25)6/h12,19-20,23-26,28-29H,8-11,13-18H2,1-7H3/t20-,23-,24+,25-,26-,28+,29+,30+,31-/m1/s1. The van der Waals surface area contributed by atoms with Gasteiger partial charge in [-0.25, -0.2) is 0 Å². The van der Waals surface area contributed by atoms with Gasteiger partial charge in [0, 0.05) is 13.8 Å². The molecule has 0 amide bonds. The smallest absolute Gasteiger partial charge is 0.303 e. The van der Waals surface area contributed by atoms with Crippen LogP contribution in [0.4, 0.5) is 0 Å². The molecule has 4 nitrogen and oxygen atoms in total. The van der Waals surface area contributed by atoms with Crippen LogP contribution in [0.3, 0.4) is 0 Å². The molecule has 9 atom stereocenters. The van der Waals surface area contributed by atoms with Gasteiger partial charge in [-0.05, 0) is 96.9 Å². The largest absolute Gasteiger partial charge is 0.458 e. The van der Waals surface area contributed by atoms with Gasteiger partial charge in [0.2, 0.25) is 0 Å². The van der Waals surface area contributed by atoms with E-state index < -0.39 is 6.10 Å². The van der Waals surface area contributed by atoms with Crippen molar-refractivity contribution in [1.29, 1.82) is 0 Å². The first-order valence-electron chi connectivity index (χ1n) is 14.5. The Balaban J connectivity index is 1.55. The second kappa shape index (κ2) is 10.2. The first-order valence-corrected chi connectivity index (χ1v) is 14.5. The lowest BCUT2D eigenvalue weighted by Crippen LogP contribution is -2.55. The molecule has 3 saturated carbocycles. The number of carbonyl (C=O) groups is 2. The second-order valence-corrected chi connectivity index (χ2v) is 13.4. The van der Waals surface area contributed by atoms with Gasteiger partial charge in [-0.2, -0.15) is 0 Å². The summed E-state index contributed by atoms with van der Waals surface area (Å²) in [7, 11) is 0. The maximum atomic E-state index is 12.0. The van der Waals surface area contributed by atoms with E-state index in [4.69, 9.17) is 9.47 Å². The Bertz CT molecular complexity index is 830. The summed E-state index contributed by atoms with van der Waals surface area (Å²) in [4.78, 5) is 23.8. The van der Waals surface area contributed by atoms with Gasteiger partial charge in [0.1, 0.15) is 6.10 Å². The Morgan fingerprint density at radius 3 is 2.31 bits per heavy atom. The van der Waals surface area contributed by atoms with E-state index in [0.29, 0.717) is 11.3 Å². The van der Waals surface area contributed by atoms with E-state index >= 15 is 0 Å². The monoisotopic (exact) mass is 486 g/mol. The molecule has 4 aliphatic rings. The van der Waals surface area contributed by atoms with E-state index in [1.165, 1.54) is 64.4 Å². The molecule has 0 radical (unpaired) electrons. The second-order valence-electron chi connectivity index (χ2n) is 13.4. The minimum absolute atomic E-state index is 0.0297. The van der Waals surface area contributed by atoms with Gasteiger partial charge in [-0.3, -0.25) is 9.59 Å². The molecule has 0 bridgehead atoms. The van der Waals surface area contributed by atoms with Gasteiger partial charge < -0.3 is 9.47 Å². The van der Waals surface area contributed by atoms with Crippen molar-refractivity contribution in [2.75, 3.05) is 0 Å². The number of hydrogen-bond acceptors (Lipinski definition) is 4. The third kappa shape index (κ3) is 4.97. The Hall–Kier alpha value is -1.32. The highest BCUT2D eigenvalue weighted by molar-refractivity contribution is 5.68. The van der Waals surface area contributed by atoms with Crippen LogP contribution >= 0.6 is 0 Å². The van der Waals surface area contributed by atoms with Crippen LogP contribution < -0.4 is 0 Å². The van der Waals surface area contributed by atoms with Crippen LogP contribution in [-0.4, -0.2) is 24.1 Å². The highest BCUT2D eigenvalue weighted by atomic mass is 16.6. The van der Waals surface area contributed by atoms with E-state index in [1.54, 1.807) is 0 Å². The summed E-state index contributed by atoms with van der Waals surface area (Å²) in [6.45, 7) is 15.2. The number of carbonyl (C=O) groups excluding carboxylic acids is 2. The van der Waals surface area contributed by atoms with Crippen molar-refractivity contribution in [1.82, 2.24) is 0 Å². The molecular formula is C31H50O4. The van der Waals surface area contributed by atoms with Crippen LogP contribution in [0.25, 0.3) is 0 Å². The summed E-state index contributed by atoms with van der Waals surface area (Å²) >= 11 is 0. The Labute approximate surface area is 214 Å². The lowest BCUT2D eigenvalue weighted by molar-refractivity contribution is -0.170. The fraction of sp³-hybridized carbons (Fsp3) is 0.871. The average Bonchev–Trinajstić information content (AvgIpc) is 3.12. The molecule has 0 unspecified atom stereocenters. The molecule has 0 spiro atoms. The van der Waals surface area contributed by atoms with Gasteiger partial charge in [0.15, 0.2) is 6.10 Å². The third-order valence-electron chi connectivity index (χ3n) is 10.9. The predicted octanol–water partition coefficient (Wildman–Crippen LogP) is 7.50. The van der Waals surface area contributed by atoms with Gasteiger partial charge in [0.25, 0.3) is 0 Å². The van der Waals surface area contributed by atoms with Crippen molar-refractivity contribution >= 4 is 11.9 Å². The van der Waals surface area contributed by atoms with Crippen molar-refractivity contribution in [2.24, 2.45) is 46.3 Å². The average molecular weight is 487 g/mol. The number of allylic oxidation sites excluding steroid dienone is 1. The minimum atomic E-state index is -0.429. The van der Waals surface area contributed by atoms with Gasteiger partial charge in [-0.15, -0.1) is 0 Å². The molecule has 0 saturated heterocycles. The van der Waals surface area contributed by atoms with Crippen LogP contribution in [0.15, 0.2) is 11.6 Å². The fourth-order valence-corrected chi connectivity index (χ4v) is 9.36. The molecular weight excluding hydrogens is 436 g/mol. The van der Waals surface area contributed by atoms with Crippen LogP contribution in [0.5, 0.6) is 0 Å². The summed E-state index contributed by atoms with van der Waals surface area (Å²) in [5.41, 5.74) is 1.72. The summed E-state index contributed by atoms with van der Waals surface area (Å²) in [5.74, 6) is 4.04. The van der Waals surface area contributed by atoms with Gasteiger partial charge in [-0.1, -0.05) is 60.0 Å². The first kappa shape index (κ1) is 26.7. The maximum Gasteiger partial charge on any atom is 0.303 e. The maximum absolute atomic E-state index is 12.0. The van der Waals surface area contributed by atoms with Crippen molar-refractivity contribution < 1.29 is 19.1 Å². The zero-order valence-corrected chi connectivity index (χ0v) is 23.4. The summed E-state index contributed by atoms with van der Waals surface area (Å²) < 4.78 is 11.5. The Morgan fingerprint density at radius 2 is 1.66 bits per heavy atom. The van der Waals surface area contributed by atoms with Crippen molar-refractivity contribution in [3.63, 3.8) is 0 Å². The molecule has 3 fully saturated rings. The zero-order chi connectivity index (χ0) is 25.5. The van der Waals surface area contributed by atoms with Crippen molar-refractivity contribution in [3.8, 4) is 0 Å². The van der Waals surface area contributed by atoms with Crippen LogP contribution in [0.2, 0.25) is 0 Å². The molecule has 35 heavy (non-hydrogen) atoms. The number of hydrogen-bond donors (Lipinski definition) is 0. The molecule has 0 heterocycles. The molecule has 0 aromatic rings. The molecule has 4 aliphatic carbocycles. The first-order chi connectivity index (χ1) is 16.5. The molecule has 0 N–H and O–H groups in total. The number of ether oxygens (including phenoxy) is 2. The highest BCUT2D eigenvalue weighted by Crippen LogP contribution is 2.67. The van der Waals surface area contributed by atoms with E-state index in [-0.39, 0.29) is 23.5 Å². The number of fused-ring (bicyclic) bond motifs is 5. The van der Waals surface area contributed by atoms with E-state index in [0.717, 1.165) is 48.9 Å². The van der Waals surface area contributed by atoms with Gasteiger partial charge >= 0.3 is 11.9 Å². The quantitative estimate of drug-likeness (QED) is 0.276. The van der Waals surface area contributed by atoms with E-state index in [1.807, 2.05) is 0 Å². The van der Waals surface area contributed by atoms with Crippen LogP contribution in [-0.2, 0) is 19.1 Å². The third-order valence-corrected chi connectivity index (χ3v) is 10.9. The Morgan fingerprint density at radius 1 is 0.943 bits per heavy atom. The molecule has 4 rings (SSSR count). The fourth-order valence-electron chi connectivity index (χ4n) is 9.36.